The summed E-state index contributed by atoms with van der Waals surface area (Å²) in [6.45, 7) is 0.127. The normalized spacial score (nSPS) is 13.3. The second kappa shape index (κ2) is 8.13. The van der Waals surface area contributed by atoms with Crippen molar-refractivity contribution in [3.8, 4) is 17.2 Å². The third-order valence-electron chi connectivity index (χ3n) is 3.74. The fourth-order valence-corrected chi connectivity index (χ4v) is 2.48. The molecule has 3 rings (SSSR count). The molecule has 0 fully saturated rings. The van der Waals surface area contributed by atoms with Crippen molar-refractivity contribution < 1.29 is 34.0 Å². The number of phenolic OH excluding ortho intramolecular Hbond substituents is 1. The Morgan fingerprint density at radius 2 is 1.89 bits per heavy atom. The molecule has 0 bridgehead atoms. The molecular formula is C19H17NO7. The van der Waals surface area contributed by atoms with Crippen molar-refractivity contribution in [3.63, 3.8) is 0 Å². The largest absolute Gasteiger partial charge is 0.508 e. The van der Waals surface area contributed by atoms with Crippen molar-refractivity contribution in [3.05, 3.63) is 60.2 Å². The number of fused-ring (bicyclic) bond motifs is 1. The summed E-state index contributed by atoms with van der Waals surface area (Å²) < 4.78 is 15.9. The van der Waals surface area contributed by atoms with Crippen LogP contribution in [-0.2, 0) is 9.53 Å². The van der Waals surface area contributed by atoms with Gasteiger partial charge >= 0.3 is 12.1 Å². The highest BCUT2D eigenvalue weighted by Crippen LogP contribution is 2.34. The van der Waals surface area contributed by atoms with E-state index < -0.39 is 18.2 Å². The van der Waals surface area contributed by atoms with Gasteiger partial charge < -0.3 is 24.4 Å². The number of nitrogens with one attached hydrogen (secondary N) is 1. The minimum absolute atomic E-state index is 0.0726. The molecule has 8 heteroatoms. The van der Waals surface area contributed by atoms with E-state index in [2.05, 4.69) is 5.32 Å². The zero-order valence-electron chi connectivity index (χ0n) is 14.1. The van der Waals surface area contributed by atoms with E-state index in [1.807, 2.05) is 0 Å². The molecule has 8 nitrogen and oxygen atoms in total. The van der Waals surface area contributed by atoms with Crippen molar-refractivity contribution >= 4 is 17.7 Å². The first kappa shape index (κ1) is 18.1. The second-order valence-corrected chi connectivity index (χ2v) is 5.65. The van der Waals surface area contributed by atoms with Crippen LogP contribution in [0.5, 0.6) is 17.2 Å². The van der Waals surface area contributed by atoms with Gasteiger partial charge in [-0.3, -0.25) is 5.32 Å². The van der Waals surface area contributed by atoms with E-state index in [4.69, 9.17) is 19.3 Å². The van der Waals surface area contributed by atoms with E-state index in [9.17, 15) is 14.7 Å². The first-order chi connectivity index (χ1) is 13.0. The molecule has 2 aromatic rings. The van der Waals surface area contributed by atoms with Crippen molar-refractivity contribution in [2.75, 3.05) is 12.1 Å². The summed E-state index contributed by atoms with van der Waals surface area (Å²) in [6, 6.07) is 11.1. The third kappa shape index (κ3) is 4.91. The van der Waals surface area contributed by atoms with Gasteiger partial charge in [-0.2, -0.15) is 0 Å². The van der Waals surface area contributed by atoms with E-state index >= 15 is 0 Å². The van der Waals surface area contributed by atoms with Gasteiger partial charge in [0.15, 0.2) is 11.5 Å². The van der Waals surface area contributed by atoms with E-state index in [1.54, 1.807) is 30.3 Å². The minimum Gasteiger partial charge on any atom is -0.508 e. The van der Waals surface area contributed by atoms with Crippen LogP contribution in [0, 0.1) is 0 Å². The molecule has 140 valence electrons. The molecule has 0 aliphatic carbocycles. The van der Waals surface area contributed by atoms with Gasteiger partial charge in [0.05, 0.1) is 0 Å². The van der Waals surface area contributed by atoms with Crippen LogP contribution in [0.1, 0.15) is 18.1 Å². The van der Waals surface area contributed by atoms with Crippen LogP contribution in [0.25, 0.3) is 0 Å². The summed E-state index contributed by atoms with van der Waals surface area (Å²) in [6.07, 6.45) is 1.09. The molecule has 0 radical (unpaired) electrons. The van der Waals surface area contributed by atoms with Crippen molar-refractivity contribution in [2.24, 2.45) is 0 Å². The molecule has 0 spiro atoms. The predicted octanol–water partition coefficient (Wildman–Crippen LogP) is 3.44. The van der Waals surface area contributed by atoms with Crippen LogP contribution in [0.4, 0.5) is 10.5 Å². The Morgan fingerprint density at radius 1 is 1.15 bits per heavy atom. The van der Waals surface area contributed by atoms with Gasteiger partial charge in [0.25, 0.3) is 0 Å². The Labute approximate surface area is 154 Å². The molecule has 1 amide bonds. The number of hydrogen-bond donors (Lipinski definition) is 3. The molecule has 0 unspecified atom stereocenters. The number of carboxylic acids is 1. The molecule has 1 aliphatic rings. The van der Waals surface area contributed by atoms with Crippen LogP contribution < -0.4 is 14.8 Å². The number of carbonyl (C=O) groups excluding carboxylic acids is 1. The maximum absolute atomic E-state index is 12.3. The van der Waals surface area contributed by atoms with Gasteiger partial charge in [0.2, 0.25) is 6.79 Å². The summed E-state index contributed by atoms with van der Waals surface area (Å²) in [4.78, 5) is 22.9. The Morgan fingerprint density at radius 3 is 2.63 bits per heavy atom. The lowest BCUT2D eigenvalue weighted by Crippen LogP contribution is -2.17. The fraction of sp³-hybridized carbons (Fsp3) is 0.158. The molecule has 3 N–H and O–H groups in total. The molecule has 0 saturated carbocycles. The van der Waals surface area contributed by atoms with Gasteiger partial charge in [-0.25, -0.2) is 9.59 Å². The topological polar surface area (TPSA) is 114 Å². The van der Waals surface area contributed by atoms with Crippen LogP contribution in [0.15, 0.2) is 54.6 Å². The molecule has 1 heterocycles. The van der Waals surface area contributed by atoms with Gasteiger partial charge in [-0.15, -0.1) is 0 Å². The quantitative estimate of drug-likeness (QED) is 0.666. The number of aliphatic carboxylic acids is 1. The molecule has 0 saturated heterocycles. The molecule has 1 aliphatic heterocycles. The Balaban J connectivity index is 1.69. The molecule has 0 aromatic heterocycles. The summed E-state index contributed by atoms with van der Waals surface area (Å²) >= 11 is 0. The third-order valence-corrected chi connectivity index (χ3v) is 3.74. The van der Waals surface area contributed by atoms with Crippen molar-refractivity contribution in [1.82, 2.24) is 0 Å². The zero-order chi connectivity index (χ0) is 19.2. The predicted molar refractivity (Wildman–Crippen MR) is 94.9 cm³/mol. The average Bonchev–Trinajstić information content (AvgIpc) is 3.09. The number of anilines is 1. The molecule has 1 atom stereocenters. The average molecular weight is 371 g/mol. The summed E-state index contributed by atoms with van der Waals surface area (Å²) in [5.74, 6) is 0.0922. The first-order valence-corrected chi connectivity index (χ1v) is 8.07. The Bertz CT molecular complexity index is 861. The highest BCUT2D eigenvalue weighted by Gasteiger charge is 2.18. The van der Waals surface area contributed by atoms with Crippen molar-refractivity contribution in [1.29, 1.82) is 0 Å². The highest BCUT2D eigenvalue weighted by molar-refractivity contribution is 5.85. The molecule has 27 heavy (non-hydrogen) atoms. The second-order valence-electron chi connectivity index (χ2n) is 5.65. The zero-order valence-corrected chi connectivity index (χ0v) is 14.1. The first-order valence-electron chi connectivity index (χ1n) is 8.07. The van der Waals surface area contributed by atoms with Gasteiger partial charge in [-0.05, 0) is 29.8 Å². The number of hydrogen-bond acceptors (Lipinski definition) is 6. The minimum atomic E-state index is -1.09. The summed E-state index contributed by atoms with van der Waals surface area (Å²) in [7, 11) is 0. The van der Waals surface area contributed by atoms with E-state index in [0.29, 0.717) is 22.7 Å². The highest BCUT2D eigenvalue weighted by atomic mass is 16.7. The molecule has 2 aromatic carbocycles. The Kier molecular flexibility index (Phi) is 5.46. The number of ether oxygens (including phenoxy) is 3. The van der Waals surface area contributed by atoms with Gasteiger partial charge in [0.1, 0.15) is 11.9 Å². The number of carboxylic acid groups (broad SMARTS) is 1. The lowest BCUT2D eigenvalue weighted by molar-refractivity contribution is -0.131. The number of amides is 1. The maximum Gasteiger partial charge on any atom is 0.412 e. The number of carbonyl (C=O) groups is 2. The number of phenols is 1. The van der Waals surface area contributed by atoms with Gasteiger partial charge in [-0.1, -0.05) is 18.2 Å². The summed E-state index contributed by atoms with van der Waals surface area (Å²) in [5.41, 5.74) is 1.08. The lowest BCUT2D eigenvalue weighted by atomic mass is 10.1. The standard InChI is InChI=1S/C19H17NO7/c21-14-7-4-12(5-8-14)15(2-1-3-18(22)23)27-19(24)20-13-6-9-16-17(10-13)26-11-25-16/h1,3-10,15,21H,2,11H2,(H,20,24)(H,22,23)/b3-1+/t15-/m0/s1. The van der Waals surface area contributed by atoms with Crippen LogP contribution in [0.2, 0.25) is 0 Å². The SMILES string of the molecule is O=C(O)/C=C/C[C@H](OC(=O)Nc1ccc2c(c1)OCO2)c1ccc(O)cc1. The van der Waals surface area contributed by atoms with Crippen LogP contribution in [0.3, 0.4) is 0 Å². The van der Waals surface area contributed by atoms with Crippen LogP contribution >= 0.6 is 0 Å². The van der Waals surface area contributed by atoms with E-state index in [0.717, 1.165) is 6.08 Å². The van der Waals surface area contributed by atoms with Gasteiger partial charge in [0, 0.05) is 24.3 Å². The number of rotatable bonds is 6. The fourth-order valence-electron chi connectivity index (χ4n) is 2.48. The monoisotopic (exact) mass is 371 g/mol. The smallest absolute Gasteiger partial charge is 0.412 e. The number of aromatic hydroxyl groups is 1. The molecular weight excluding hydrogens is 354 g/mol. The van der Waals surface area contributed by atoms with Crippen LogP contribution in [-0.4, -0.2) is 29.1 Å². The number of benzene rings is 2. The van der Waals surface area contributed by atoms with E-state index in [1.165, 1.54) is 18.2 Å². The maximum atomic E-state index is 12.3. The van der Waals surface area contributed by atoms with E-state index in [-0.39, 0.29) is 19.0 Å². The summed E-state index contributed by atoms with van der Waals surface area (Å²) in [5, 5.41) is 20.7. The van der Waals surface area contributed by atoms with Crippen molar-refractivity contribution in [2.45, 2.75) is 12.5 Å². The Hall–Kier alpha value is -3.68. The lowest BCUT2D eigenvalue weighted by Gasteiger charge is -2.17.